The van der Waals surface area contributed by atoms with Crippen LogP contribution in [0.15, 0.2) is 41.1 Å². The van der Waals surface area contributed by atoms with E-state index in [1.807, 2.05) is 22.9 Å². The molecule has 84 valence electrons. The molecular weight excluding hydrogens is 232 g/mol. The summed E-state index contributed by atoms with van der Waals surface area (Å²) in [5.74, 6) is -0.0480. The molecule has 1 N–H and O–H groups in total. The molecule has 0 radical (unpaired) electrons. The van der Waals surface area contributed by atoms with E-state index in [1.165, 1.54) is 0 Å². The number of nitrogens with zero attached hydrogens (tertiary/aromatic N) is 1. The maximum absolute atomic E-state index is 11.7. The fraction of sp³-hybridized carbons (Fsp3) is 0.0769. The summed E-state index contributed by atoms with van der Waals surface area (Å²) in [6, 6.07) is 10.8. The quantitative estimate of drug-likeness (QED) is 0.899. The number of amides is 1. The lowest BCUT2D eigenvalue weighted by molar-refractivity contribution is -0.115. The van der Waals surface area contributed by atoms with Crippen LogP contribution in [0.4, 0.5) is 5.69 Å². The van der Waals surface area contributed by atoms with Gasteiger partial charge in [0.25, 0.3) is 0 Å². The van der Waals surface area contributed by atoms with Crippen molar-refractivity contribution in [3.8, 4) is 6.07 Å². The first-order chi connectivity index (χ1) is 8.28. The van der Waals surface area contributed by atoms with Crippen LogP contribution in [0.2, 0.25) is 0 Å². The number of hydrogen-bond acceptors (Lipinski definition) is 3. The second kappa shape index (κ2) is 5.28. The smallest absolute Gasteiger partial charge is 0.228 e. The van der Waals surface area contributed by atoms with E-state index in [2.05, 4.69) is 5.32 Å². The number of rotatable bonds is 3. The van der Waals surface area contributed by atoms with E-state index < -0.39 is 0 Å². The molecule has 0 saturated heterocycles. The van der Waals surface area contributed by atoms with E-state index in [9.17, 15) is 4.79 Å². The minimum atomic E-state index is -0.0480. The van der Waals surface area contributed by atoms with Crippen molar-refractivity contribution in [2.45, 2.75) is 6.42 Å². The molecular formula is C13H10N2OS. The van der Waals surface area contributed by atoms with Gasteiger partial charge in [-0.25, -0.2) is 0 Å². The third-order valence-electron chi connectivity index (χ3n) is 2.24. The summed E-state index contributed by atoms with van der Waals surface area (Å²) >= 11 is 1.58. The van der Waals surface area contributed by atoms with E-state index in [0.29, 0.717) is 17.7 Å². The third kappa shape index (κ3) is 3.16. The van der Waals surface area contributed by atoms with Gasteiger partial charge >= 0.3 is 0 Å². The Morgan fingerprint density at radius 3 is 2.65 bits per heavy atom. The van der Waals surface area contributed by atoms with Crippen LogP contribution in [0.25, 0.3) is 0 Å². The lowest BCUT2D eigenvalue weighted by atomic mass is 10.2. The van der Waals surface area contributed by atoms with Gasteiger partial charge in [0.15, 0.2) is 0 Å². The van der Waals surface area contributed by atoms with Crippen LogP contribution in [-0.2, 0) is 11.2 Å². The van der Waals surface area contributed by atoms with Crippen molar-refractivity contribution in [2.75, 3.05) is 5.32 Å². The van der Waals surface area contributed by atoms with Gasteiger partial charge in [0, 0.05) is 5.69 Å². The largest absolute Gasteiger partial charge is 0.326 e. The third-order valence-corrected chi connectivity index (χ3v) is 2.97. The van der Waals surface area contributed by atoms with Gasteiger partial charge in [0.1, 0.15) is 0 Å². The summed E-state index contributed by atoms with van der Waals surface area (Å²) < 4.78 is 0. The fourth-order valence-corrected chi connectivity index (χ4v) is 2.08. The molecule has 1 aromatic carbocycles. The number of nitriles is 1. The summed E-state index contributed by atoms with van der Waals surface area (Å²) in [5, 5.41) is 15.3. The molecule has 1 amide bonds. The van der Waals surface area contributed by atoms with Gasteiger partial charge in [-0.1, -0.05) is 0 Å². The van der Waals surface area contributed by atoms with E-state index in [1.54, 1.807) is 35.6 Å². The van der Waals surface area contributed by atoms with Gasteiger partial charge in [0.05, 0.1) is 18.1 Å². The molecule has 4 heteroatoms. The molecule has 2 rings (SSSR count). The number of hydrogen-bond donors (Lipinski definition) is 1. The molecule has 0 unspecified atom stereocenters. The van der Waals surface area contributed by atoms with Crippen molar-refractivity contribution < 1.29 is 4.79 Å². The molecule has 0 fully saturated rings. The minimum absolute atomic E-state index is 0.0480. The normalized spacial score (nSPS) is 9.59. The van der Waals surface area contributed by atoms with Gasteiger partial charge in [-0.05, 0) is 46.7 Å². The van der Waals surface area contributed by atoms with E-state index >= 15 is 0 Å². The Morgan fingerprint density at radius 2 is 2.06 bits per heavy atom. The van der Waals surface area contributed by atoms with Crippen LogP contribution in [-0.4, -0.2) is 5.91 Å². The SMILES string of the molecule is N#Cc1ccc(NC(=O)Cc2ccsc2)cc1. The van der Waals surface area contributed by atoms with Crippen molar-refractivity contribution >= 4 is 22.9 Å². The van der Waals surface area contributed by atoms with Gasteiger partial charge in [-0.15, -0.1) is 0 Å². The maximum atomic E-state index is 11.7. The van der Waals surface area contributed by atoms with Gasteiger partial charge in [-0.3, -0.25) is 4.79 Å². The molecule has 0 aliphatic rings. The van der Waals surface area contributed by atoms with Crippen molar-refractivity contribution in [1.82, 2.24) is 0 Å². The molecule has 0 spiro atoms. The highest BCUT2D eigenvalue weighted by Gasteiger charge is 2.04. The van der Waals surface area contributed by atoms with Crippen molar-refractivity contribution in [3.05, 3.63) is 52.2 Å². The zero-order valence-corrected chi connectivity index (χ0v) is 9.83. The van der Waals surface area contributed by atoms with Crippen LogP contribution in [0.3, 0.4) is 0 Å². The average molecular weight is 242 g/mol. The average Bonchev–Trinajstić information content (AvgIpc) is 2.82. The van der Waals surface area contributed by atoms with Gasteiger partial charge in [-0.2, -0.15) is 16.6 Å². The minimum Gasteiger partial charge on any atom is -0.326 e. The Hall–Kier alpha value is -2.12. The molecule has 17 heavy (non-hydrogen) atoms. The Kier molecular flexibility index (Phi) is 3.53. The summed E-state index contributed by atoms with van der Waals surface area (Å²) in [6.45, 7) is 0. The van der Waals surface area contributed by atoms with Crippen LogP contribution < -0.4 is 5.32 Å². The van der Waals surface area contributed by atoms with Crippen LogP contribution in [0.5, 0.6) is 0 Å². The second-order valence-electron chi connectivity index (χ2n) is 3.55. The number of nitrogens with one attached hydrogen (secondary N) is 1. The zero-order valence-electron chi connectivity index (χ0n) is 9.01. The van der Waals surface area contributed by atoms with E-state index in [0.717, 1.165) is 5.56 Å². The first kappa shape index (κ1) is 11.4. The number of benzene rings is 1. The van der Waals surface area contributed by atoms with Gasteiger partial charge in [0.2, 0.25) is 5.91 Å². The van der Waals surface area contributed by atoms with Crippen molar-refractivity contribution in [3.63, 3.8) is 0 Å². The topological polar surface area (TPSA) is 52.9 Å². The second-order valence-corrected chi connectivity index (χ2v) is 4.33. The maximum Gasteiger partial charge on any atom is 0.228 e. The molecule has 0 aliphatic carbocycles. The Morgan fingerprint density at radius 1 is 1.29 bits per heavy atom. The summed E-state index contributed by atoms with van der Waals surface area (Å²) in [7, 11) is 0. The van der Waals surface area contributed by atoms with Crippen molar-refractivity contribution in [1.29, 1.82) is 5.26 Å². The highest BCUT2D eigenvalue weighted by Crippen LogP contribution is 2.11. The highest BCUT2D eigenvalue weighted by atomic mass is 32.1. The number of thiophene rings is 1. The molecule has 1 heterocycles. The Balaban J connectivity index is 1.96. The lowest BCUT2D eigenvalue weighted by Crippen LogP contribution is -2.13. The number of carbonyl (C=O) groups excluding carboxylic acids is 1. The predicted molar refractivity (Wildman–Crippen MR) is 67.8 cm³/mol. The molecule has 0 aliphatic heterocycles. The lowest BCUT2D eigenvalue weighted by Gasteiger charge is -2.03. The first-order valence-electron chi connectivity index (χ1n) is 5.09. The van der Waals surface area contributed by atoms with Gasteiger partial charge < -0.3 is 5.32 Å². The highest BCUT2D eigenvalue weighted by molar-refractivity contribution is 7.08. The van der Waals surface area contributed by atoms with E-state index in [-0.39, 0.29) is 5.91 Å². The zero-order chi connectivity index (χ0) is 12.1. The molecule has 0 bridgehead atoms. The number of carbonyl (C=O) groups is 1. The number of anilines is 1. The van der Waals surface area contributed by atoms with E-state index in [4.69, 9.17) is 5.26 Å². The fourth-order valence-electron chi connectivity index (χ4n) is 1.41. The molecule has 0 atom stereocenters. The van der Waals surface area contributed by atoms with Crippen molar-refractivity contribution in [2.24, 2.45) is 0 Å². The molecule has 3 nitrogen and oxygen atoms in total. The summed E-state index contributed by atoms with van der Waals surface area (Å²) in [5.41, 5.74) is 2.31. The van der Waals surface area contributed by atoms with Crippen LogP contribution in [0.1, 0.15) is 11.1 Å². The Labute approximate surface area is 103 Å². The molecule has 0 saturated carbocycles. The summed E-state index contributed by atoms with van der Waals surface area (Å²) in [6.07, 6.45) is 0.378. The summed E-state index contributed by atoms with van der Waals surface area (Å²) in [4.78, 5) is 11.7. The Bertz CT molecular complexity index is 538. The monoisotopic (exact) mass is 242 g/mol. The van der Waals surface area contributed by atoms with Crippen LogP contribution >= 0.6 is 11.3 Å². The molecule has 1 aromatic heterocycles. The first-order valence-corrected chi connectivity index (χ1v) is 6.03. The van der Waals surface area contributed by atoms with Crippen LogP contribution in [0, 0.1) is 11.3 Å². The standard InChI is InChI=1S/C13H10N2OS/c14-8-10-1-3-12(4-2-10)15-13(16)7-11-5-6-17-9-11/h1-6,9H,7H2,(H,15,16). The molecule has 2 aromatic rings. The predicted octanol–water partition coefficient (Wildman–Crippen LogP) is 2.80.